The fourth-order valence-electron chi connectivity index (χ4n) is 4.71. The van der Waals surface area contributed by atoms with Crippen molar-refractivity contribution in [3.8, 4) is 45.1 Å². The lowest BCUT2D eigenvalue weighted by Gasteiger charge is -2.19. The molecule has 0 radical (unpaired) electrons. The van der Waals surface area contributed by atoms with Crippen LogP contribution in [0.4, 0.5) is 8.78 Å². The van der Waals surface area contributed by atoms with E-state index < -0.39 is 11.6 Å². The maximum absolute atomic E-state index is 14.8. The molecule has 0 aliphatic heterocycles. The van der Waals surface area contributed by atoms with E-state index in [2.05, 4.69) is 9.97 Å². The summed E-state index contributed by atoms with van der Waals surface area (Å²) in [4.78, 5) is 8.31. The second-order valence-corrected chi connectivity index (χ2v) is 8.41. The van der Waals surface area contributed by atoms with Gasteiger partial charge in [0.05, 0.1) is 0 Å². The summed E-state index contributed by atoms with van der Waals surface area (Å²) in [6.45, 7) is 0. The Balaban J connectivity index is 1.79. The number of fused-ring (bicyclic) bond motifs is 2. The highest BCUT2D eigenvalue weighted by Crippen LogP contribution is 2.51. The highest BCUT2D eigenvalue weighted by atomic mass is 19.1. The third-order valence-electron chi connectivity index (χ3n) is 6.32. The topological polar surface area (TPSA) is 66.2 Å². The largest absolute Gasteiger partial charge is 0.507 e. The number of hydrogen-bond donors (Lipinski definition) is 2. The molecule has 0 unspecified atom stereocenters. The van der Waals surface area contributed by atoms with Gasteiger partial charge in [0.2, 0.25) is 0 Å². The van der Waals surface area contributed by atoms with E-state index in [1.807, 2.05) is 48.5 Å². The summed E-state index contributed by atoms with van der Waals surface area (Å²) in [6, 6.07) is 23.4. The molecule has 6 aromatic rings. The first kappa shape index (κ1) is 21.7. The van der Waals surface area contributed by atoms with Gasteiger partial charge in [-0.25, -0.2) is 8.78 Å². The lowest BCUT2D eigenvalue weighted by atomic mass is 9.87. The summed E-state index contributed by atoms with van der Waals surface area (Å²) in [6.07, 6.45) is 2.90. The van der Waals surface area contributed by atoms with Crippen LogP contribution >= 0.6 is 0 Å². The van der Waals surface area contributed by atoms with Gasteiger partial charge in [-0.3, -0.25) is 9.97 Å². The zero-order valence-electron chi connectivity index (χ0n) is 18.8. The van der Waals surface area contributed by atoms with E-state index in [9.17, 15) is 19.0 Å². The van der Waals surface area contributed by atoms with Crippen molar-refractivity contribution in [2.75, 3.05) is 0 Å². The minimum Gasteiger partial charge on any atom is -0.507 e. The van der Waals surface area contributed by atoms with Crippen molar-refractivity contribution in [2.45, 2.75) is 0 Å². The van der Waals surface area contributed by atoms with Gasteiger partial charge in [0, 0.05) is 34.6 Å². The average molecular weight is 476 g/mol. The Labute approximate surface area is 204 Å². The minimum atomic E-state index is -0.590. The number of aromatic nitrogens is 2. The number of phenols is 2. The third-order valence-corrected chi connectivity index (χ3v) is 6.32. The van der Waals surface area contributed by atoms with Crippen molar-refractivity contribution >= 4 is 21.5 Å². The van der Waals surface area contributed by atoms with Gasteiger partial charge in [-0.1, -0.05) is 48.5 Å². The Hall–Kier alpha value is -4.84. The van der Waals surface area contributed by atoms with E-state index in [1.165, 1.54) is 36.7 Å². The van der Waals surface area contributed by atoms with E-state index in [1.54, 1.807) is 12.1 Å². The van der Waals surface area contributed by atoms with Gasteiger partial charge >= 0.3 is 0 Å². The first-order valence-corrected chi connectivity index (χ1v) is 11.3. The Bertz CT molecular complexity index is 1670. The molecule has 36 heavy (non-hydrogen) atoms. The van der Waals surface area contributed by atoms with Crippen LogP contribution in [-0.4, -0.2) is 20.2 Å². The van der Waals surface area contributed by atoms with Crippen LogP contribution in [0, 0.1) is 11.6 Å². The van der Waals surface area contributed by atoms with Gasteiger partial charge < -0.3 is 10.2 Å². The molecule has 0 saturated heterocycles. The Morgan fingerprint density at radius 1 is 0.528 bits per heavy atom. The molecule has 4 nitrogen and oxygen atoms in total. The first-order valence-electron chi connectivity index (χ1n) is 11.3. The Morgan fingerprint density at radius 2 is 0.944 bits per heavy atom. The van der Waals surface area contributed by atoms with Crippen LogP contribution in [0.25, 0.3) is 55.2 Å². The molecule has 0 saturated carbocycles. The molecule has 2 heterocycles. The average Bonchev–Trinajstić information content (AvgIpc) is 2.90. The molecule has 0 aliphatic carbocycles. The number of aromatic hydroxyl groups is 2. The molecule has 6 heteroatoms. The maximum atomic E-state index is 14.8. The number of halogens is 2. The molecular formula is C30H18F2N2O2. The van der Waals surface area contributed by atoms with Crippen molar-refractivity contribution < 1.29 is 19.0 Å². The van der Waals surface area contributed by atoms with Crippen molar-refractivity contribution in [3.63, 3.8) is 0 Å². The monoisotopic (exact) mass is 476 g/mol. The van der Waals surface area contributed by atoms with Gasteiger partial charge in [0.15, 0.2) is 0 Å². The Morgan fingerprint density at radius 3 is 1.36 bits per heavy atom. The van der Waals surface area contributed by atoms with Gasteiger partial charge in [0.1, 0.15) is 34.5 Å². The lowest BCUT2D eigenvalue weighted by Crippen LogP contribution is -1.95. The molecule has 0 amide bonds. The molecule has 0 bridgehead atoms. The van der Waals surface area contributed by atoms with Gasteiger partial charge in [-0.2, -0.15) is 0 Å². The summed E-state index contributed by atoms with van der Waals surface area (Å²) in [5.74, 6) is -1.67. The molecule has 2 aromatic heterocycles. The number of rotatable bonds is 3. The number of nitrogens with zero attached hydrogens (tertiary/aromatic N) is 2. The zero-order chi connectivity index (χ0) is 24.8. The predicted molar refractivity (Wildman–Crippen MR) is 137 cm³/mol. The quantitative estimate of drug-likeness (QED) is 0.278. The summed E-state index contributed by atoms with van der Waals surface area (Å²) < 4.78 is 29.6. The van der Waals surface area contributed by atoms with E-state index in [-0.39, 0.29) is 34.0 Å². The highest BCUT2D eigenvalue weighted by Gasteiger charge is 2.25. The fraction of sp³-hybridized carbons (Fsp3) is 0. The molecule has 0 fully saturated rings. The van der Waals surface area contributed by atoms with Crippen LogP contribution in [0.3, 0.4) is 0 Å². The Kier molecular flexibility index (Phi) is 5.08. The second kappa shape index (κ2) is 8.43. The lowest BCUT2D eigenvalue weighted by molar-refractivity contribution is 0.471. The van der Waals surface area contributed by atoms with Gasteiger partial charge in [-0.05, 0) is 57.9 Å². The van der Waals surface area contributed by atoms with Crippen molar-refractivity contribution in [2.24, 2.45) is 0 Å². The summed E-state index contributed by atoms with van der Waals surface area (Å²) in [5.41, 5.74) is 0.912. The fourth-order valence-corrected chi connectivity index (χ4v) is 4.71. The zero-order valence-corrected chi connectivity index (χ0v) is 18.8. The van der Waals surface area contributed by atoms with Gasteiger partial charge in [-0.15, -0.1) is 0 Å². The van der Waals surface area contributed by atoms with Crippen LogP contribution < -0.4 is 0 Å². The molecular weight excluding hydrogens is 458 g/mol. The van der Waals surface area contributed by atoms with Crippen LogP contribution in [0.15, 0.2) is 97.3 Å². The highest BCUT2D eigenvalue weighted by molar-refractivity contribution is 6.13. The molecule has 174 valence electrons. The first-order chi connectivity index (χ1) is 17.5. The summed E-state index contributed by atoms with van der Waals surface area (Å²) >= 11 is 0. The summed E-state index contributed by atoms with van der Waals surface area (Å²) in [5, 5.41) is 25.9. The molecule has 6 rings (SSSR count). The normalized spacial score (nSPS) is 11.3. The number of phenolic OH excluding ortho intramolecular Hbond substituents is 2. The maximum Gasteiger partial charge on any atom is 0.149 e. The van der Waals surface area contributed by atoms with E-state index >= 15 is 0 Å². The molecule has 0 aliphatic rings. The molecule has 4 aromatic carbocycles. The smallest absolute Gasteiger partial charge is 0.149 e. The standard InChI is InChI=1S/C30H18F2N2O2/c31-23-11-5-13-33-27(23)21-15-17-7-1-3-9-19(17)25(29(21)35)26-20-10-4-2-8-18(20)16-22(30(26)36)28-24(32)12-6-14-34-28/h1-16,35-36H. The minimum absolute atomic E-state index is 0.0160. The van der Waals surface area contributed by atoms with Crippen molar-refractivity contribution in [1.82, 2.24) is 9.97 Å². The molecule has 0 spiro atoms. The second-order valence-electron chi connectivity index (χ2n) is 8.41. The number of benzene rings is 4. The van der Waals surface area contributed by atoms with Gasteiger partial charge in [0.25, 0.3) is 0 Å². The summed E-state index contributed by atoms with van der Waals surface area (Å²) in [7, 11) is 0. The third kappa shape index (κ3) is 3.34. The number of pyridine rings is 2. The molecule has 2 N–H and O–H groups in total. The van der Waals surface area contributed by atoms with E-state index in [0.717, 1.165) is 0 Å². The van der Waals surface area contributed by atoms with Crippen molar-refractivity contribution in [1.29, 1.82) is 0 Å². The predicted octanol–water partition coefficient (Wildman–Crippen LogP) is 7.47. The van der Waals surface area contributed by atoms with Crippen LogP contribution in [0.2, 0.25) is 0 Å². The SMILES string of the molecule is Oc1c(-c2ncccc2F)cc2ccccc2c1-c1c(O)c(-c2ncccc2F)cc2ccccc12. The van der Waals surface area contributed by atoms with E-state index in [4.69, 9.17) is 0 Å². The number of hydrogen-bond acceptors (Lipinski definition) is 4. The van der Waals surface area contributed by atoms with Crippen LogP contribution in [-0.2, 0) is 0 Å². The van der Waals surface area contributed by atoms with Crippen molar-refractivity contribution in [3.05, 3.63) is 109 Å². The van der Waals surface area contributed by atoms with E-state index in [0.29, 0.717) is 32.7 Å². The van der Waals surface area contributed by atoms with Crippen LogP contribution in [0.1, 0.15) is 0 Å². The molecule has 0 atom stereocenters. The van der Waals surface area contributed by atoms with Crippen LogP contribution in [0.5, 0.6) is 11.5 Å².